The molecular weight excluding hydrogens is 328 g/mol. The first-order chi connectivity index (χ1) is 11.1. The van der Waals surface area contributed by atoms with Crippen LogP contribution in [-0.4, -0.2) is 46.8 Å². The summed E-state index contributed by atoms with van der Waals surface area (Å²) in [4.78, 5) is 61.9. The van der Waals surface area contributed by atoms with Crippen molar-refractivity contribution in [2.24, 2.45) is 5.92 Å². The molecule has 0 saturated carbocycles. The summed E-state index contributed by atoms with van der Waals surface area (Å²) in [5.74, 6) is -6.23. The van der Waals surface area contributed by atoms with Gasteiger partial charge >= 0.3 is 23.9 Å². The number of aliphatic hydroxyl groups is 2. The summed E-state index contributed by atoms with van der Waals surface area (Å²) in [5, 5.41) is 18.4. The summed E-state index contributed by atoms with van der Waals surface area (Å²) in [6.45, 7) is 8.20. The fraction of sp³-hybridized carbons (Fsp3) is 0.429. The van der Waals surface area contributed by atoms with Gasteiger partial charge in [-0.25, -0.2) is 38.7 Å². The van der Waals surface area contributed by atoms with Crippen molar-refractivity contribution in [2.45, 2.75) is 26.4 Å². The Morgan fingerprint density at radius 3 is 1.79 bits per heavy atom. The molecule has 2 N–H and O–H groups in total. The molecule has 2 atom stereocenters. The molecule has 0 bridgehead atoms. The van der Waals surface area contributed by atoms with Gasteiger partial charge in [0.15, 0.2) is 0 Å². The van der Waals surface area contributed by atoms with Crippen LogP contribution in [0.4, 0.5) is 0 Å². The Bertz CT molecular complexity index is 536. The van der Waals surface area contributed by atoms with Crippen LogP contribution in [0.15, 0.2) is 24.3 Å². The van der Waals surface area contributed by atoms with Crippen LogP contribution in [0.25, 0.3) is 0 Å². The lowest BCUT2D eigenvalue weighted by Crippen LogP contribution is -2.35. The summed E-state index contributed by atoms with van der Waals surface area (Å²) in [7, 11) is 0. The fourth-order valence-corrected chi connectivity index (χ4v) is 1.08. The molecule has 0 heterocycles. The van der Waals surface area contributed by atoms with Crippen LogP contribution >= 0.6 is 0 Å². The fourth-order valence-electron chi connectivity index (χ4n) is 1.08. The molecule has 0 radical (unpaired) electrons. The molecule has 0 amide bonds. The topological polar surface area (TPSA) is 146 Å². The van der Waals surface area contributed by atoms with Crippen molar-refractivity contribution in [1.29, 1.82) is 0 Å². The van der Waals surface area contributed by atoms with Gasteiger partial charge in [-0.15, -0.1) is 0 Å². The van der Waals surface area contributed by atoms with Gasteiger partial charge in [0, 0.05) is 11.1 Å². The zero-order valence-corrected chi connectivity index (χ0v) is 13.1. The molecule has 0 fully saturated rings. The van der Waals surface area contributed by atoms with E-state index in [9.17, 15) is 24.3 Å². The molecule has 10 nitrogen and oxygen atoms in total. The smallest absolute Gasteiger partial charge is 0.381 e. The summed E-state index contributed by atoms with van der Waals surface area (Å²) in [6.07, 6.45) is -2.54. The average molecular weight is 346 g/mol. The van der Waals surface area contributed by atoms with Crippen LogP contribution in [0.5, 0.6) is 0 Å². The normalized spacial score (nSPS) is 12.3. The largest absolute Gasteiger partial charge is 0.394 e. The van der Waals surface area contributed by atoms with Gasteiger partial charge in [0.25, 0.3) is 0 Å². The van der Waals surface area contributed by atoms with Crippen LogP contribution in [0.2, 0.25) is 0 Å². The second-order valence-electron chi connectivity index (χ2n) is 4.72. The van der Waals surface area contributed by atoms with Crippen molar-refractivity contribution in [3.05, 3.63) is 24.3 Å². The number of hydrogen-bond donors (Lipinski definition) is 2. The van der Waals surface area contributed by atoms with Crippen molar-refractivity contribution in [1.82, 2.24) is 0 Å². The van der Waals surface area contributed by atoms with E-state index in [1.807, 2.05) is 0 Å². The predicted molar refractivity (Wildman–Crippen MR) is 75.2 cm³/mol. The Kier molecular flexibility index (Phi) is 8.98. The lowest BCUT2D eigenvalue weighted by Gasteiger charge is -2.17. The molecule has 10 heteroatoms. The monoisotopic (exact) mass is 346 g/mol. The first-order valence-electron chi connectivity index (χ1n) is 6.54. The van der Waals surface area contributed by atoms with Crippen LogP contribution in [0.1, 0.15) is 20.3 Å². The molecule has 134 valence electrons. The second-order valence-corrected chi connectivity index (χ2v) is 4.72. The maximum atomic E-state index is 11.7. The molecule has 0 saturated heterocycles. The number of aliphatic hydroxyl groups excluding tert-OH is 2. The molecule has 0 aromatic heterocycles. The quantitative estimate of drug-likeness (QED) is 0.351. The van der Waals surface area contributed by atoms with Crippen molar-refractivity contribution in [3.8, 4) is 0 Å². The zero-order valence-electron chi connectivity index (χ0n) is 13.1. The van der Waals surface area contributed by atoms with Crippen LogP contribution in [-0.2, 0) is 38.7 Å². The van der Waals surface area contributed by atoms with E-state index in [1.165, 1.54) is 13.8 Å². The van der Waals surface area contributed by atoms with Gasteiger partial charge in [-0.1, -0.05) is 13.2 Å². The van der Waals surface area contributed by atoms with Crippen molar-refractivity contribution < 1.29 is 48.9 Å². The van der Waals surface area contributed by atoms with E-state index in [4.69, 9.17) is 5.11 Å². The number of carbonyl (C=O) groups excluding carboxylic acids is 4. The van der Waals surface area contributed by atoms with Gasteiger partial charge < -0.3 is 10.2 Å². The van der Waals surface area contributed by atoms with Gasteiger partial charge in [0.1, 0.15) is 5.92 Å². The molecule has 0 aliphatic heterocycles. The van der Waals surface area contributed by atoms with E-state index < -0.39 is 48.9 Å². The third kappa shape index (κ3) is 7.51. The Morgan fingerprint density at radius 1 is 0.917 bits per heavy atom. The Balaban J connectivity index is 4.71. The third-order valence-corrected chi connectivity index (χ3v) is 2.45. The van der Waals surface area contributed by atoms with E-state index in [2.05, 4.69) is 32.7 Å². The van der Waals surface area contributed by atoms with E-state index in [0.29, 0.717) is 0 Å². The molecule has 0 spiro atoms. The Hall–Kier alpha value is -2.72. The highest BCUT2D eigenvalue weighted by molar-refractivity contribution is 5.88. The number of hydrogen-bond acceptors (Lipinski definition) is 10. The van der Waals surface area contributed by atoms with Gasteiger partial charge in [-0.05, 0) is 13.8 Å². The molecule has 24 heavy (non-hydrogen) atoms. The molecule has 0 aromatic rings. The molecule has 0 aliphatic carbocycles. The molecular formula is C14H18O10. The maximum Gasteiger partial charge on any atom is 0.381 e. The Morgan fingerprint density at radius 2 is 1.38 bits per heavy atom. The summed E-state index contributed by atoms with van der Waals surface area (Å²) >= 11 is 0. The van der Waals surface area contributed by atoms with Crippen molar-refractivity contribution >= 4 is 23.9 Å². The SMILES string of the molecule is C=C(C)C(=O)OOC(=O)CC(C(=O)OOC(=O)C(=C)C)C(O)CO. The number of rotatable bonds is 7. The summed E-state index contributed by atoms with van der Waals surface area (Å²) in [6, 6.07) is 0. The highest BCUT2D eigenvalue weighted by Crippen LogP contribution is 2.14. The van der Waals surface area contributed by atoms with Gasteiger partial charge in [-0.2, -0.15) is 0 Å². The van der Waals surface area contributed by atoms with Crippen LogP contribution < -0.4 is 0 Å². The van der Waals surface area contributed by atoms with Crippen LogP contribution in [0, 0.1) is 5.92 Å². The molecule has 2 unspecified atom stereocenters. The summed E-state index contributed by atoms with van der Waals surface area (Å²) in [5.41, 5.74) is -0.103. The highest BCUT2D eigenvalue weighted by Gasteiger charge is 2.33. The second kappa shape index (κ2) is 10.1. The van der Waals surface area contributed by atoms with E-state index in [0.717, 1.165) is 0 Å². The summed E-state index contributed by atoms with van der Waals surface area (Å²) < 4.78 is 0. The minimum Gasteiger partial charge on any atom is -0.394 e. The lowest BCUT2D eigenvalue weighted by atomic mass is 9.99. The molecule has 0 aliphatic rings. The zero-order chi connectivity index (χ0) is 18.9. The first-order valence-corrected chi connectivity index (χ1v) is 6.54. The van der Waals surface area contributed by atoms with E-state index in [1.54, 1.807) is 0 Å². The lowest BCUT2D eigenvalue weighted by molar-refractivity contribution is -0.265. The molecule has 0 aromatic carbocycles. The first kappa shape index (κ1) is 21.3. The number of carbonyl (C=O) groups is 4. The highest BCUT2D eigenvalue weighted by atomic mass is 17.2. The van der Waals surface area contributed by atoms with Gasteiger partial charge in [0.2, 0.25) is 0 Å². The van der Waals surface area contributed by atoms with E-state index >= 15 is 0 Å². The van der Waals surface area contributed by atoms with Crippen molar-refractivity contribution in [3.63, 3.8) is 0 Å². The minimum absolute atomic E-state index is 0.0409. The Labute approximate surface area is 137 Å². The van der Waals surface area contributed by atoms with Gasteiger partial charge in [-0.3, -0.25) is 0 Å². The maximum absolute atomic E-state index is 11.7. The van der Waals surface area contributed by atoms with E-state index in [-0.39, 0.29) is 11.1 Å². The predicted octanol–water partition coefficient (Wildman–Crippen LogP) is -0.499. The molecule has 0 rings (SSSR count). The van der Waals surface area contributed by atoms with Crippen LogP contribution in [0.3, 0.4) is 0 Å². The van der Waals surface area contributed by atoms with Crippen molar-refractivity contribution in [2.75, 3.05) is 6.61 Å². The van der Waals surface area contributed by atoms with Gasteiger partial charge in [0.05, 0.1) is 19.1 Å². The average Bonchev–Trinajstić information content (AvgIpc) is 2.53. The standard InChI is InChI=1S/C14H18O10/c1-7(2)12(18)22-21-11(17)5-9(10(16)6-15)14(20)24-23-13(19)8(3)4/h9-10,15-16H,1,3,5-6H2,2,4H3. The minimum atomic E-state index is -1.72. The third-order valence-electron chi connectivity index (χ3n) is 2.45.